The van der Waals surface area contributed by atoms with Gasteiger partial charge in [0.05, 0.1) is 30.5 Å². The van der Waals surface area contributed by atoms with E-state index in [-0.39, 0.29) is 0 Å². The summed E-state index contributed by atoms with van der Waals surface area (Å²) in [7, 11) is 2.01. The molecule has 0 bridgehead atoms. The Morgan fingerprint density at radius 3 is 2.67 bits per heavy atom. The van der Waals surface area contributed by atoms with Gasteiger partial charge in [-0.1, -0.05) is 11.6 Å². The Balaban J connectivity index is 1.58. The molecule has 2 aliphatic rings. The first-order chi connectivity index (χ1) is 10.2. The summed E-state index contributed by atoms with van der Waals surface area (Å²) in [4.78, 5) is 2.57. The van der Waals surface area contributed by atoms with Crippen LogP contribution in [-0.4, -0.2) is 47.0 Å². The van der Waals surface area contributed by atoms with E-state index in [4.69, 9.17) is 21.4 Å². The lowest BCUT2D eigenvalue weighted by Crippen LogP contribution is -2.51. The van der Waals surface area contributed by atoms with Crippen LogP contribution in [0.2, 0.25) is 5.02 Å². The quantitative estimate of drug-likeness (QED) is 0.855. The average molecular weight is 306 g/mol. The smallest absolute Gasteiger partial charge is 0.0735 e. The number of likely N-dealkylation sites (tertiary alicyclic amines) is 1. The van der Waals surface area contributed by atoms with E-state index < -0.39 is 0 Å². The second-order valence-electron chi connectivity index (χ2n) is 6.17. The van der Waals surface area contributed by atoms with Crippen LogP contribution < -0.4 is 0 Å². The van der Waals surface area contributed by atoms with Gasteiger partial charge in [-0.05, 0) is 44.1 Å². The Labute approximate surface area is 129 Å². The minimum atomic E-state index is 0.546. The van der Waals surface area contributed by atoms with Gasteiger partial charge in [-0.3, -0.25) is 9.58 Å². The highest BCUT2D eigenvalue weighted by Gasteiger charge is 2.31. The van der Waals surface area contributed by atoms with Crippen LogP contribution in [0.25, 0.3) is 10.9 Å². The number of hydrogen-bond donors (Lipinski definition) is 0. The lowest BCUT2D eigenvalue weighted by Gasteiger charge is -2.41. The van der Waals surface area contributed by atoms with Crippen LogP contribution in [0.3, 0.4) is 0 Å². The van der Waals surface area contributed by atoms with Gasteiger partial charge in [0.15, 0.2) is 0 Å². The van der Waals surface area contributed by atoms with E-state index in [1.165, 1.54) is 29.4 Å². The van der Waals surface area contributed by atoms with Gasteiger partial charge < -0.3 is 4.74 Å². The molecule has 4 nitrogen and oxygen atoms in total. The summed E-state index contributed by atoms with van der Waals surface area (Å²) in [6.07, 6.45) is 2.35. The minimum absolute atomic E-state index is 0.546. The van der Waals surface area contributed by atoms with Crippen molar-refractivity contribution in [2.24, 2.45) is 7.05 Å². The van der Waals surface area contributed by atoms with Crippen molar-refractivity contribution in [3.05, 3.63) is 28.9 Å². The third-order valence-electron chi connectivity index (χ3n) is 4.89. The first-order valence-corrected chi connectivity index (χ1v) is 8.04. The van der Waals surface area contributed by atoms with Crippen molar-refractivity contribution in [2.75, 3.05) is 26.3 Å². The molecule has 0 spiro atoms. The molecule has 0 unspecified atom stereocenters. The van der Waals surface area contributed by atoms with Crippen molar-refractivity contribution in [2.45, 2.75) is 24.8 Å². The summed E-state index contributed by atoms with van der Waals surface area (Å²) in [5, 5.41) is 6.78. The predicted molar refractivity (Wildman–Crippen MR) is 83.9 cm³/mol. The maximum absolute atomic E-state index is 6.17. The number of benzene rings is 1. The van der Waals surface area contributed by atoms with Gasteiger partial charge in [0.1, 0.15) is 0 Å². The second-order valence-corrected chi connectivity index (χ2v) is 6.61. The molecule has 2 fully saturated rings. The Hall–Kier alpha value is -1.10. The Bertz CT molecular complexity index is 657. The molecular weight excluding hydrogens is 286 g/mol. The van der Waals surface area contributed by atoms with Gasteiger partial charge in [-0.25, -0.2) is 0 Å². The molecule has 5 heteroatoms. The highest BCUT2D eigenvalue weighted by Crippen LogP contribution is 2.34. The number of fused-ring (bicyclic) bond motifs is 1. The monoisotopic (exact) mass is 305 g/mol. The number of hydrogen-bond acceptors (Lipinski definition) is 3. The number of aromatic nitrogens is 2. The number of nitrogens with zero attached hydrogens (tertiary/aromatic N) is 3. The summed E-state index contributed by atoms with van der Waals surface area (Å²) in [5.41, 5.74) is 2.39. The van der Waals surface area contributed by atoms with Crippen molar-refractivity contribution in [3.63, 3.8) is 0 Å². The molecule has 2 aromatic rings. The highest BCUT2D eigenvalue weighted by molar-refractivity contribution is 6.31. The van der Waals surface area contributed by atoms with Crippen LogP contribution in [0.4, 0.5) is 0 Å². The second kappa shape index (κ2) is 5.27. The van der Waals surface area contributed by atoms with Crippen molar-refractivity contribution < 1.29 is 4.74 Å². The molecule has 21 heavy (non-hydrogen) atoms. The molecule has 2 aliphatic heterocycles. The van der Waals surface area contributed by atoms with Crippen molar-refractivity contribution in [1.29, 1.82) is 0 Å². The summed E-state index contributed by atoms with van der Waals surface area (Å²) in [5.74, 6) is 0.546. The topological polar surface area (TPSA) is 30.3 Å². The summed E-state index contributed by atoms with van der Waals surface area (Å²) < 4.78 is 7.28. The van der Waals surface area contributed by atoms with E-state index in [2.05, 4.69) is 17.0 Å². The minimum Gasteiger partial charge on any atom is -0.378 e. The van der Waals surface area contributed by atoms with Gasteiger partial charge in [0.2, 0.25) is 0 Å². The molecule has 0 aliphatic carbocycles. The van der Waals surface area contributed by atoms with Crippen LogP contribution in [0.15, 0.2) is 18.2 Å². The van der Waals surface area contributed by atoms with Gasteiger partial charge >= 0.3 is 0 Å². The summed E-state index contributed by atoms with van der Waals surface area (Å²) in [6.45, 7) is 4.12. The SMILES string of the molecule is Cn1nc(C2CCN(C3COC3)CC2)c2cc(Cl)ccc21. The molecule has 1 aromatic heterocycles. The molecule has 112 valence electrons. The highest BCUT2D eigenvalue weighted by atomic mass is 35.5. The van der Waals surface area contributed by atoms with E-state index in [0.717, 1.165) is 31.3 Å². The fourth-order valence-corrected chi connectivity index (χ4v) is 3.71. The first kappa shape index (κ1) is 13.6. The number of rotatable bonds is 2. The molecule has 0 N–H and O–H groups in total. The molecule has 0 radical (unpaired) electrons. The molecule has 0 saturated carbocycles. The van der Waals surface area contributed by atoms with Gasteiger partial charge in [-0.15, -0.1) is 0 Å². The third kappa shape index (κ3) is 2.35. The average Bonchev–Trinajstić information content (AvgIpc) is 2.74. The van der Waals surface area contributed by atoms with E-state index in [0.29, 0.717) is 12.0 Å². The molecule has 1 aromatic carbocycles. The number of aryl methyl sites for hydroxylation is 1. The van der Waals surface area contributed by atoms with Crippen LogP contribution in [0, 0.1) is 0 Å². The summed E-state index contributed by atoms with van der Waals surface area (Å²) >= 11 is 6.17. The maximum Gasteiger partial charge on any atom is 0.0735 e. The molecular formula is C16H20ClN3O. The normalized spacial score (nSPS) is 21.8. The fraction of sp³-hybridized carbons (Fsp3) is 0.562. The largest absolute Gasteiger partial charge is 0.378 e. The van der Waals surface area contributed by atoms with Crippen LogP contribution in [0.1, 0.15) is 24.5 Å². The van der Waals surface area contributed by atoms with Crippen LogP contribution in [-0.2, 0) is 11.8 Å². The molecule has 0 atom stereocenters. The zero-order valence-corrected chi connectivity index (χ0v) is 13.0. The Kier molecular flexibility index (Phi) is 3.40. The number of piperidine rings is 1. The van der Waals surface area contributed by atoms with Crippen molar-refractivity contribution in [1.82, 2.24) is 14.7 Å². The van der Waals surface area contributed by atoms with Gasteiger partial charge in [-0.2, -0.15) is 5.10 Å². The Morgan fingerprint density at radius 2 is 2.00 bits per heavy atom. The van der Waals surface area contributed by atoms with Crippen LogP contribution in [0.5, 0.6) is 0 Å². The lowest BCUT2D eigenvalue weighted by atomic mass is 9.91. The zero-order chi connectivity index (χ0) is 14.4. The lowest BCUT2D eigenvalue weighted by molar-refractivity contribution is -0.0713. The maximum atomic E-state index is 6.17. The van der Waals surface area contributed by atoms with E-state index >= 15 is 0 Å². The fourth-order valence-electron chi connectivity index (χ4n) is 3.54. The van der Waals surface area contributed by atoms with E-state index in [9.17, 15) is 0 Å². The predicted octanol–water partition coefficient (Wildman–Crippen LogP) is 2.80. The van der Waals surface area contributed by atoms with E-state index in [1.54, 1.807) is 0 Å². The summed E-state index contributed by atoms with van der Waals surface area (Å²) in [6, 6.07) is 6.72. The number of ether oxygens (including phenoxy) is 1. The van der Waals surface area contributed by atoms with Gasteiger partial charge in [0.25, 0.3) is 0 Å². The van der Waals surface area contributed by atoms with Crippen molar-refractivity contribution in [3.8, 4) is 0 Å². The molecule has 3 heterocycles. The molecule has 0 amide bonds. The zero-order valence-electron chi connectivity index (χ0n) is 12.3. The number of halogens is 1. The van der Waals surface area contributed by atoms with Gasteiger partial charge in [0, 0.05) is 23.4 Å². The molecule has 2 saturated heterocycles. The van der Waals surface area contributed by atoms with E-state index in [1.807, 2.05) is 17.8 Å². The standard InChI is InChI=1S/C16H20ClN3O/c1-19-15-3-2-12(17)8-14(15)16(18-19)11-4-6-20(7-5-11)13-9-21-10-13/h2-3,8,11,13H,4-7,9-10H2,1H3. The van der Waals surface area contributed by atoms with Crippen molar-refractivity contribution >= 4 is 22.5 Å². The Morgan fingerprint density at radius 1 is 1.24 bits per heavy atom. The molecule has 4 rings (SSSR count). The van der Waals surface area contributed by atoms with Crippen LogP contribution >= 0.6 is 11.6 Å². The first-order valence-electron chi connectivity index (χ1n) is 7.66. The third-order valence-corrected chi connectivity index (χ3v) is 5.13.